The Morgan fingerprint density at radius 3 is 1.01 bits per heavy atom. The van der Waals surface area contributed by atoms with Crippen LogP contribution < -0.4 is 59.1 Å². The average Bonchev–Trinajstić information content (AvgIpc) is 3.33. The molecule has 17 nitrogen and oxygen atoms in total. The minimum Gasteiger partial charge on any atom is -0.726 e. The number of hydrogen-bond acceptors (Lipinski definition) is 17. The van der Waals surface area contributed by atoms with Crippen LogP contribution in [0.25, 0.3) is 0 Å². The summed E-state index contributed by atoms with van der Waals surface area (Å²) in [6.07, 6.45) is -12.9. The van der Waals surface area contributed by atoms with Gasteiger partial charge >= 0.3 is 59.1 Å². The molecule has 2 fully saturated rings. The van der Waals surface area contributed by atoms with E-state index in [4.69, 9.17) is 51.0 Å². The normalized spacial score (nSPS) is 25.0. The second-order valence-corrected chi connectivity index (χ2v) is 17.7. The van der Waals surface area contributed by atoms with Crippen LogP contribution in [0.5, 0.6) is 0 Å². The van der Waals surface area contributed by atoms with E-state index in [1.165, 1.54) is 7.11 Å². The van der Waals surface area contributed by atoms with Gasteiger partial charge < -0.3 is 51.7 Å². The van der Waals surface area contributed by atoms with Crippen LogP contribution in [0.2, 0.25) is 0 Å². The molecule has 21 heteroatoms. The molecule has 5 aromatic carbocycles. The van der Waals surface area contributed by atoms with Gasteiger partial charge in [-0.05, 0) is 27.8 Å². The van der Waals surface area contributed by atoms with Crippen molar-refractivity contribution in [3.8, 4) is 0 Å². The van der Waals surface area contributed by atoms with Crippen molar-refractivity contribution >= 4 is 20.8 Å². The molecule has 0 unspecified atom stereocenters. The van der Waals surface area contributed by atoms with Crippen LogP contribution in [-0.4, -0.2) is 108 Å². The molecule has 2 saturated heterocycles. The van der Waals surface area contributed by atoms with Crippen LogP contribution in [0, 0.1) is 0 Å². The minimum absolute atomic E-state index is 0. The zero-order valence-corrected chi connectivity index (χ0v) is 44.0. The van der Waals surface area contributed by atoms with Gasteiger partial charge in [-0.3, -0.25) is 8.37 Å². The third-order valence-electron chi connectivity index (χ3n) is 10.9. The Hall–Kier alpha value is -2.52. The summed E-state index contributed by atoms with van der Waals surface area (Å²) in [5.41, 5.74) is 3.81. The Morgan fingerprint density at radius 2 is 0.681 bits per heavy atom. The monoisotopic (exact) mass is 1010 g/mol. The summed E-state index contributed by atoms with van der Waals surface area (Å²) in [4.78, 5) is 0. The molecule has 7 rings (SSSR count). The summed E-state index contributed by atoms with van der Waals surface area (Å²) in [6, 6.07) is 46.0. The van der Waals surface area contributed by atoms with E-state index in [1.54, 1.807) is 0 Å². The van der Waals surface area contributed by atoms with E-state index in [0.717, 1.165) is 27.8 Å². The first-order chi connectivity index (χ1) is 32.4. The topological polar surface area (TPSA) is 216 Å². The molecule has 2 aliphatic rings. The molecule has 0 aliphatic carbocycles. The number of benzene rings is 5. The van der Waals surface area contributed by atoms with Gasteiger partial charge in [0.15, 0.2) is 12.6 Å². The Kier molecular flexibility index (Phi) is 23.8. The molecule has 5 aromatic rings. The zero-order valence-electron chi connectivity index (χ0n) is 38.4. The largest absolute Gasteiger partial charge is 1.00 e. The van der Waals surface area contributed by atoms with Gasteiger partial charge in [-0.15, -0.1) is 0 Å². The first kappa shape index (κ1) is 57.4. The molecule has 0 aromatic heterocycles. The van der Waals surface area contributed by atoms with E-state index >= 15 is 0 Å². The van der Waals surface area contributed by atoms with Crippen LogP contribution in [0.1, 0.15) is 27.8 Å². The summed E-state index contributed by atoms with van der Waals surface area (Å²) in [7, 11) is -9.21. The van der Waals surface area contributed by atoms with Crippen LogP contribution in [0.4, 0.5) is 0 Å². The molecule has 0 N–H and O–H groups in total. The molecule has 0 saturated carbocycles. The fraction of sp³-hybridized carbons (Fsp3) is 0.375. The Balaban J connectivity index is 0.00000444. The van der Waals surface area contributed by atoms with Crippen LogP contribution in [-0.2, 0) is 105 Å². The van der Waals surface area contributed by atoms with Crippen molar-refractivity contribution in [3.05, 3.63) is 179 Å². The number of hydrogen-bond donors (Lipinski definition) is 0. The van der Waals surface area contributed by atoms with Crippen LogP contribution >= 0.6 is 0 Å². The van der Waals surface area contributed by atoms with Gasteiger partial charge in [0.05, 0.1) is 46.2 Å². The van der Waals surface area contributed by atoms with Crippen molar-refractivity contribution in [2.75, 3.05) is 20.3 Å². The molecule has 0 radical (unpaired) electrons. The maximum absolute atomic E-state index is 12.1. The van der Waals surface area contributed by atoms with E-state index in [2.05, 4.69) is 0 Å². The summed E-state index contributed by atoms with van der Waals surface area (Å²) < 4.78 is 141. The summed E-state index contributed by atoms with van der Waals surface area (Å²) in [5, 5.41) is 0. The average molecular weight is 1010 g/mol. The van der Waals surface area contributed by atoms with E-state index in [1.807, 2.05) is 152 Å². The van der Waals surface area contributed by atoms with Crippen molar-refractivity contribution < 1.29 is 136 Å². The molecular formula is C48H52Na2O17S2. The standard InChI is InChI=1S/C48H54O17S2.2Na/c1-55-47-45(59-30-37-23-13-5-14-24-37)44(58-29-36-21-11-4-12-22-36)42(40(63-47)33-62-67(52,53)54)65-48-46(60-31-38-25-15-6-16-26-38)43(57-28-35-19-9-3-10-20-35)41(39(64-48)32-61-66(49,50)51)56-27-34-17-7-2-8-18-34;;/h2-26,39-48H,27-33H2,1H3,(H,49,50,51)(H,52,53,54);;/q;2*+1/p-2/t39-,40-,41-,42-,43+,44+,45-,46-,47-,48-;;/m1../s1. The molecule has 0 spiro atoms. The van der Waals surface area contributed by atoms with Crippen molar-refractivity contribution in [2.45, 2.75) is 94.4 Å². The minimum atomic E-state index is -5.29. The van der Waals surface area contributed by atoms with Gasteiger partial charge in [0.25, 0.3) is 0 Å². The van der Waals surface area contributed by atoms with Gasteiger partial charge in [0, 0.05) is 7.11 Å². The second-order valence-electron chi connectivity index (χ2n) is 15.6. The quantitative estimate of drug-likeness (QED) is 0.0427. The molecule has 10 atom stereocenters. The van der Waals surface area contributed by atoms with Crippen molar-refractivity contribution in [2.24, 2.45) is 0 Å². The molecule has 0 amide bonds. The number of ether oxygens (including phenoxy) is 9. The maximum atomic E-state index is 12.1. The summed E-state index contributed by atoms with van der Waals surface area (Å²) >= 11 is 0. The Bertz CT molecular complexity index is 2440. The molecule has 360 valence electrons. The molecule has 69 heavy (non-hydrogen) atoms. The van der Waals surface area contributed by atoms with Crippen LogP contribution in [0.15, 0.2) is 152 Å². The first-order valence-electron chi connectivity index (χ1n) is 21.4. The molecule has 0 bridgehead atoms. The van der Waals surface area contributed by atoms with E-state index in [-0.39, 0.29) is 92.1 Å². The predicted molar refractivity (Wildman–Crippen MR) is 236 cm³/mol. The van der Waals surface area contributed by atoms with Gasteiger partial charge in [0.1, 0.15) is 48.8 Å². The molecule has 2 aliphatic heterocycles. The SMILES string of the molecule is CO[C@@H]1O[C@H](COS(=O)(=O)[O-])[C@@H](O[C@H]2O[C@H](COS(=O)(=O)[O-])[C@@H](OCc3ccccc3)[C@H](OCc3ccccc3)[C@H]2OCc2ccccc2)[C@H](OCc2ccccc2)[C@H]1OCc1ccccc1.[Na+].[Na+]. The van der Waals surface area contributed by atoms with Gasteiger partial charge in [0.2, 0.25) is 20.8 Å². The van der Waals surface area contributed by atoms with E-state index in [0.29, 0.717) is 0 Å². The smallest absolute Gasteiger partial charge is 0.726 e. The van der Waals surface area contributed by atoms with Gasteiger partial charge in [-0.1, -0.05) is 152 Å². The van der Waals surface area contributed by atoms with Gasteiger partial charge in [-0.25, -0.2) is 16.8 Å². The number of methoxy groups -OCH3 is 1. The third-order valence-corrected chi connectivity index (χ3v) is 11.7. The van der Waals surface area contributed by atoms with Crippen LogP contribution in [0.3, 0.4) is 0 Å². The third kappa shape index (κ3) is 18.2. The van der Waals surface area contributed by atoms with E-state index < -0.39 is 95.4 Å². The van der Waals surface area contributed by atoms with Gasteiger partial charge in [-0.2, -0.15) is 0 Å². The first-order valence-corrected chi connectivity index (χ1v) is 24.1. The van der Waals surface area contributed by atoms with E-state index in [9.17, 15) is 25.9 Å². The second kappa shape index (κ2) is 28.7. The van der Waals surface area contributed by atoms with Crippen molar-refractivity contribution in [3.63, 3.8) is 0 Å². The number of rotatable bonds is 24. The fourth-order valence-corrected chi connectivity index (χ4v) is 8.31. The van der Waals surface area contributed by atoms with Crippen molar-refractivity contribution in [1.82, 2.24) is 0 Å². The maximum Gasteiger partial charge on any atom is 1.00 e. The Labute approximate surface area is 447 Å². The zero-order chi connectivity index (χ0) is 47.1. The fourth-order valence-electron chi connectivity index (χ4n) is 7.71. The summed E-state index contributed by atoms with van der Waals surface area (Å²) in [5.74, 6) is 0. The predicted octanol–water partition coefficient (Wildman–Crippen LogP) is -0.644. The summed E-state index contributed by atoms with van der Waals surface area (Å²) in [6.45, 7) is -1.71. The Morgan fingerprint density at radius 1 is 0.406 bits per heavy atom. The van der Waals surface area contributed by atoms with Crippen molar-refractivity contribution in [1.29, 1.82) is 0 Å². The molecule has 2 heterocycles. The molecular weight excluding hydrogens is 959 g/mol.